The normalized spacial score (nSPS) is 16.5. The third-order valence-corrected chi connectivity index (χ3v) is 0.669. The van der Waals surface area contributed by atoms with E-state index in [-0.39, 0.29) is 6.61 Å². The highest BCUT2D eigenvalue weighted by Gasteiger charge is 1.93. The number of rotatable bonds is 1. The van der Waals surface area contributed by atoms with Crippen molar-refractivity contribution in [3.8, 4) is 0 Å². The molecule has 0 saturated heterocycles. The Bertz CT molecular complexity index is 104. The van der Waals surface area contributed by atoms with Gasteiger partial charge in [0.2, 0.25) is 0 Å². The van der Waals surface area contributed by atoms with Crippen LogP contribution in [0.5, 0.6) is 0 Å². The zero-order valence-corrected chi connectivity index (χ0v) is 3.26. The van der Waals surface area contributed by atoms with E-state index in [4.69, 9.17) is 5.11 Å². The Morgan fingerprint density at radius 3 is 2.50 bits per heavy atom. The fourth-order valence-corrected chi connectivity index (χ4v) is 0.273. The van der Waals surface area contributed by atoms with Crippen LogP contribution in [0, 0.1) is 0 Å². The van der Waals surface area contributed by atoms with E-state index in [0.717, 1.165) is 5.71 Å². The van der Waals surface area contributed by atoms with Crippen molar-refractivity contribution in [1.82, 2.24) is 0 Å². The summed E-state index contributed by atoms with van der Waals surface area (Å²) in [5, 5.41) is 8.20. The van der Waals surface area contributed by atoms with Crippen LogP contribution in [-0.4, -0.2) is 17.4 Å². The zero-order chi connectivity index (χ0) is 4.41. The minimum absolute atomic E-state index is 0.0799. The Labute approximate surface area is 35.8 Å². The molecule has 1 aliphatic heterocycles. The van der Waals surface area contributed by atoms with Crippen LogP contribution in [0.1, 0.15) is 0 Å². The molecule has 0 fully saturated rings. The molecule has 0 saturated carbocycles. The Hall–Kier alpha value is -0.630. The molecule has 0 unspecified atom stereocenters. The quantitative estimate of drug-likeness (QED) is 0.473. The molecule has 32 valence electrons. The molecule has 1 rings (SSSR count). The van der Waals surface area contributed by atoms with Crippen LogP contribution in [0.3, 0.4) is 0 Å². The smallest absolute Gasteiger partial charge is 0.0853 e. The van der Waals surface area contributed by atoms with E-state index in [1.165, 1.54) is 0 Å². The summed E-state index contributed by atoms with van der Waals surface area (Å²) in [6, 6.07) is 0. The van der Waals surface area contributed by atoms with Gasteiger partial charge < -0.3 is 5.11 Å². The predicted molar refractivity (Wildman–Crippen MR) is 23.7 cm³/mol. The second-order valence-corrected chi connectivity index (χ2v) is 1.09. The van der Waals surface area contributed by atoms with Gasteiger partial charge in [0.25, 0.3) is 0 Å². The minimum Gasteiger partial charge on any atom is -0.390 e. The van der Waals surface area contributed by atoms with Gasteiger partial charge in [0.05, 0.1) is 12.3 Å². The van der Waals surface area contributed by atoms with Crippen LogP contribution in [0.4, 0.5) is 0 Å². The molecule has 2 heteroatoms. The maximum atomic E-state index is 8.20. The molecule has 1 aliphatic rings. The molecule has 0 atom stereocenters. The molecule has 0 amide bonds. The molecule has 1 heterocycles. The molecule has 0 aromatic rings. The fourth-order valence-electron chi connectivity index (χ4n) is 0.273. The van der Waals surface area contributed by atoms with Crippen LogP contribution in [0.15, 0.2) is 17.3 Å². The van der Waals surface area contributed by atoms with E-state index in [9.17, 15) is 0 Å². The first-order chi connectivity index (χ1) is 2.93. The van der Waals surface area contributed by atoms with Crippen molar-refractivity contribution < 1.29 is 5.11 Å². The summed E-state index contributed by atoms with van der Waals surface area (Å²) in [6.07, 6.45) is 3.44. The molecule has 1 N–H and O–H groups in total. The van der Waals surface area contributed by atoms with Crippen molar-refractivity contribution in [2.75, 3.05) is 6.61 Å². The Balaban J connectivity index is 2.37. The Morgan fingerprint density at radius 1 is 1.83 bits per heavy atom. The van der Waals surface area contributed by atoms with Crippen LogP contribution >= 0.6 is 0 Å². The van der Waals surface area contributed by atoms with Gasteiger partial charge in [-0.15, -0.1) is 0 Å². The summed E-state index contributed by atoms with van der Waals surface area (Å²) < 4.78 is 0. The summed E-state index contributed by atoms with van der Waals surface area (Å²) in [4.78, 5) is 3.67. The van der Waals surface area contributed by atoms with Crippen molar-refractivity contribution in [3.63, 3.8) is 0 Å². The van der Waals surface area contributed by atoms with Crippen molar-refractivity contribution in [2.45, 2.75) is 0 Å². The van der Waals surface area contributed by atoms with Crippen LogP contribution in [-0.2, 0) is 0 Å². The lowest BCUT2D eigenvalue weighted by Gasteiger charge is -1.97. The largest absolute Gasteiger partial charge is 0.390 e. The van der Waals surface area contributed by atoms with Gasteiger partial charge in [0, 0.05) is 6.20 Å². The number of hydrogen-bond donors (Lipinski definition) is 1. The number of aliphatic imine (C=N–C) groups is 1. The summed E-state index contributed by atoms with van der Waals surface area (Å²) >= 11 is 0. The van der Waals surface area contributed by atoms with Gasteiger partial charge in [-0.05, 0) is 6.08 Å². The lowest BCUT2D eigenvalue weighted by molar-refractivity contribution is 0.357. The number of aliphatic hydroxyl groups excluding tert-OH is 1. The molecule has 2 nitrogen and oxygen atoms in total. The number of aliphatic hydroxyl groups is 1. The Morgan fingerprint density at radius 2 is 2.50 bits per heavy atom. The van der Waals surface area contributed by atoms with Gasteiger partial charge in [-0.1, -0.05) is 0 Å². The first kappa shape index (κ1) is 3.56. The van der Waals surface area contributed by atoms with Crippen molar-refractivity contribution >= 4 is 5.71 Å². The molecule has 0 aliphatic carbocycles. The SMILES string of the molecule is OCC1=NC=C1. The molecule has 0 spiro atoms. The standard InChI is InChI=1S/C4H5NO/c6-3-4-1-2-5-4/h1-2,6H,3H2. The maximum absolute atomic E-state index is 8.20. The molecule has 6 heavy (non-hydrogen) atoms. The summed E-state index contributed by atoms with van der Waals surface area (Å²) in [5.74, 6) is 0. The van der Waals surface area contributed by atoms with Crippen LogP contribution in [0.2, 0.25) is 0 Å². The lowest BCUT2D eigenvalue weighted by atomic mass is 10.3. The highest BCUT2D eigenvalue weighted by Crippen LogP contribution is 1.92. The van der Waals surface area contributed by atoms with Crippen molar-refractivity contribution in [2.24, 2.45) is 4.99 Å². The van der Waals surface area contributed by atoms with E-state index in [2.05, 4.69) is 4.99 Å². The van der Waals surface area contributed by atoms with Gasteiger partial charge in [-0.3, -0.25) is 4.99 Å². The molecule has 0 radical (unpaired) electrons. The van der Waals surface area contributed by atoms with E-state index in [1.54, 1.807) is 12.3 Å². The minimum atomic E-state index is 0.0799. The summed E-state index contributed by atoms with van der Waals surface area (Å²) in [6.45, 7) is 0.0799. The second kappa shape index (κ2) is 1.22. The third-order valence-electron chi connectivity index (χ3n) is 0.669. The van der Waals surface area contributed by atoms with E-state index in [0.29, 0.717) is 0 Å². The van der Waals surface area contributed by atoms with Gasteiger partial charge in [0.15, 0.2) is 0 Å². The molecular weight excluding hydrogens is 78.0 g/mol. The zero-order valence-electron chi connectivity index (χ0n) is 3.26. The van der Waals surface area contributed by atoms with Gasteiger partial charge >= 0.3 is 0 Å². The lowest BCUT2D eigenvalue weighted by Crippen LogP contribution is -2.03. The average molecular weight is 83.1 g/mol. The van der Waals surface area contributed by atoms with Crippen molar-refractivity contribution in [3.05, 3.63) is 12.3 Å². The molecule has 0 bridgehead atoms. The maximum Gasteiger partial charge on any atom is 0.0853 e. The summed E-state index contributed by atoms with van der Waals surface area (Å²) in [5.41, 5.74) is 0.773. The Kier molecular flexibility index (Phi) is 0.725. The second-order valence-electron chi connectivity index (χ2n) is 1.09. The third kappa shape index (κ3) is 0.348. The predicted octanol–water partition coefficient (Wildman–Crippen LogP) is -0.0530. The number of nitrogens with zero attached hydrogens (tertiary/aromatic N) is 1. The number of hydrogen-bond acceptors (Lipinski definition) is 2. The van der Waals surface area contributed by atoms with Crippen LogP contribution < -0.4 is 0 Å². The topological polar surface area (TPSA) is 32.6 Å². The molecule has 0 aromatic heterocycles. The monoisotopic (exact) mass is 83.0 g/mol. The van der Waals surface area contributed by atoms with E-state index >= 15 is 0 Å². The first-order valence-electron chi connectivity index (χ1n) is 1.77. The van der Waals surface area contributed by atoms with E-state index in [1.807, 2.05) is 0 Å². The van der Waals surface area contributed by atoms with E-state index < -0.39 is 0 Å². The average Bonchev–Trinajstić information content (AvgIpc) is 1.31. The fraction of sp³-hybridized carbons (Fsp3) is 0.250. The van der Waals surface area contributed by atoms with Crippen LogP contribution in [0.25, 0.3) is 0 Å². The molecular formula is C4H5NO. The molecule has 0 aromatic carbocycles. The highest BCUT2D eigenvalue weighted by molar-refractivity contribution is 6.00. The van der Waals surface area contributed by atoms with Gasteiger partial charge in [-0.2, -0.15) is 0 Å². The summed E-state index contributed by atoms with van der Waals surface area (Å²) in [7, 11) is 0. The van der Waals surface area contributed by atoms with Crippen molar-refractivity contribution in [1.29, 1.82) is 0 Å². The first-order valence-corrected chi connectivity index (χ1v) is 1.77. The van der Waals surface area contributed by atoms with Gasteiger partial charge in [-0.25, -0.2) is 0 Å². The van der Waals surface area contributed by atoms with Gasteiger partial charge in [0.1, 0.15) is 0 Å². The highest BCUT2D eigenvalue weighted by atomic mass is 16.3.